The molecule has 0 bridgehead atoms. The summed E-state index contributed by atoms with van der Waals surface area (Å²) in [4.78, 5) is 16.7. The predicted molar refractivity (Wildman–Crippen MR) is 121 cm³/mol. The Hall–Kier alpha value is -3.07. The van der Waals surface area contributed by atoms with Crippen LogP contribution in [0.1, 0.15) is 31.1 Å². The smallest absolute Gasteiger partial charge is 0.285 e. The van der Waals surface area contributed by atoms with Gasteiger partial charge in [-0.25, -0.2) is 0 Å². The van der Waals surface area contributed by atoms with Crippen molar-refractivity contribution in [1.82, 2.24) is 9.80 Å². The molecular formula is C23H27N3O5S. The number of hydrogen-bond acceptors (Lipinski definition) is 6. The van der Waals surface area contributed by atoms with Crippen LogP contribution in [0.2, 0.25) is 0 Å². The third kappa shape index (κ3) is 4.29. The first kappa shape index (κ1) is 22.1. The summed E-state index contributed by atoms with van der Waals surface area (Å²) in [5.74, 6) is 1.86. The summed E-state index contributed by atoms with van der Waals surface area (Å²) in [5, 5.41) is 0. The summed E-state index contributed by atoms with van der Waals surface area (Å²) in [7, 11) is -0.438. The third-order valence-electron chi connectivity index (χ3n) is 5.99. The lowest BCUT2D eigenvalue weighted by Crippen LogP contribution is -2.43. The van der Waals surface area contributed by atoms with Gasteiger partial charge in [-0.1, -0.05) is 0 Å². The van der Waals surface area contributed by atoms with Crippen LogP contribution in [0.15, 0.2) is 57.0 Å². The molecule has 3 heterocycles. The molecule has 0 saturated carbocycles. The fourth-order valence-electron chi connectivity index (χ4n) is 4.29. The Balaban J connectivity index is 1.45. The predicted octanol–water partition coefficient (Wildman–Crippen LogP) is 3.13. The van der Waals surface area contributed by atoms with Gasteiger partial charge < -0.3 is 19.0 Å². The minimum atomic E-state index is -3.78. The molecule has 9 heteroatoms. The second-order valence-electron chi connectivity index (χ2n) is 8.11. The van der Waals surface area contributed by atoms with Gasteiger partial charge in [-0.15, -0.1) is 4.40 Å². The molecule has 0 radical (unpaired) electrons. The molecule has 8 nitrogen and oxygen atoms in total. The summed E-state index contributed by atoms with van der Waals surface area (Å²) in [5.41, 5.74) is 1.22. The number of methoxy groups -OCH3 is 1. The number of amides is 1. The molecule has 0 aliphatic carbocycles. The number of carbonyl (C=O) groups is 1. The first-order valence-electron chi connectivity index (χ1n) is 10.5. The second-order valence-corrected chi connectivity index (χ2v) is 9.65. The van der Waals surface area contributed by atoms with Gasteiger partial charge in [0, 0.05) is 31.6 Å². The molecule has 2 aromatic rings. The first-order valence-corrected chi connectivity index (χ1v) is 12.0. The van der Waals surface area contributed by atoms with E-state index in [4.69, 9.17) is 9.15 Å². The highest BCUT2D eigenvalue weighted by molar-refractivity contribution is 8.00. The number of piperidine rings is 1. The lowest BCUT2D eigenvalue weighted by molar-refractivity contribution is -0.136. The van der Waals surface area contributed by atoms with E-state index in [0.29, 0.717) is 55.2 Å². The van der Waals surface area contributed by atoms with Crippen molar-refractivity contribution < 1.29 is 22.4 Å². The Morgan fingerprint density at radius 3 is 2.50 bits per heavy atom. The molecule has 1 saturated heterocycles. The van der Waals surface area contributed by atoms with E-state index in [1.807, 2.05) is 11.0 Å². The van der Waals surface area contributed by atoms with Gasteiger partial charge in [-0.2, -0.15) is 8.42 Å². The Morgan fingerprint density at radius 1 is 1.22 bits per heavy atom. The number of furan rings is 1. The number of carbonyl (C=O) groups excluding carboxylic acids is 1. The summed E-state index contributed by atoms with van der Waals surface area (Å²) in [6, 6.07) is 10.6. The largest absolute Gasteiger partial charge is 0.497 e. The molecule has 1 fully saturated rings. The molecule has 2 aliphatic rings. The van der Waals surface area contributed by atoms with Crippen LogP contribution in [0, 0.1) is 5.92 Å². The van der Waals surface area contributed by atoms with Crippen LogP contribution >= 0.6 is 0 Å². The van der Waals surface area contributed by atoms with Crippen molar-refractivity contribution in [3.05, 3.63) is 59.6 Å². The monoisotopic (exact) mass is 457 g/mol. The fraction of sp³-hybridized carbons (Fsp3) is 0.391. The van der Waals surface area contributed by atoms with E-state index in [9.17, 15) is 13.2 Å². The summed E-state index contributed by atoms with van der Waals surface area (Å²) >= 11 is 0. The Labute approximate surface area is 188 Å². The van der Waals surface area contributed by atoms with Gasteiger partial charge in [0.2, 0.25) is 5.91 Å². The maximum Gasteiger partial charge on any atom is 0.285 e. The van der Waals surface area contributed by atoms with Crippen LogP contribution in [-0.4, -0.2) is 57.2 Å². The third-order valence-corrected chi connectivity index (χ3v) is 7.46. The molecule has 0 unspecified atom stereocenters. The van der Waals surface area contributed by atoms with Crippen molar-refractivity contribution >= 4 is 26.7 Å². The van der Waals surface area contributed by atoms with Crippen molar-refractivity contribution in [2.24, 2.45) is 10.3 Å². The quantitative estimate of drug-likeness (QED) is 0.685. The van der Waals surface area contributed by atoms with Gasteiger partial charge in [0.15, 0.2) is 0 Å². The zero-order chi connectivity index (χ0) is 22.9. The Bertz CT molecular complexity index is 1140. The maximum atomic E-state index is 12.8. The van der Waals surface area contributed by atoms with Gasteiger partial charge in [0.25, 0.3) is 10.0 Å². The van der Waals surface area contributed by atoms with Crippen LogP contribution in [0.3, 0.4) is 0 Å². The molecule has 1 amide bonds. The number of benzene rings is 1. The fourth-order valence-corrected chi connectivity index (χ4v) is 5.77. The molecule has 0 atom stereocenters. The maximum absolute atomic E-state index is 12.8. The number of hydrogen-bond donors (Lipinski definition) is 0. The average molecular weight is 458 g/mol. The lowest BCUT2D eigenvalue weighted by Gasteiger charge is -2.34. The highest BCUT2D eigenvalue weighted by atomic mass is 32.2. The summed E-state index contributed by atoms with van der Waals surface area (Å²) in [6.45, 7) is 3.38. The molecule has 32 heavy (non-hydrogen) atoms. The molecule has 0 N–H and O–H groups in total. The second kappa shape index (κ2) is 8.82. The summed E-state index contributed by atoms with van der Waals surface area (Å²) in [6.07, 6.45) is 2.88. The molecule has 2 aliphatic heterocycles. The van der Waals surface area contributed by atoms with E-state index < -0.39 is 10.0 Å². The number of nitrogens with zero attached hydrogens (tertiary/aromatic N) is 3. The average Bonchev–Trinajstić information content (AvgIpc) is 3.38. The van der Waals surface area contributed by atoms with Crippen molar-refractivity contribution in [2.45, 2.75) is 26.3 Å². The van der Waals surface area contributed by atoms with E-state index >= 15 is 0 Å². The van der Waals surface area contributed by atoms with Crippen LogP contribution in [-0.2, 0) is 21.4 Å². The highest BCUT2D eigenvalue weighted by Gasteiger charge is 2.36. The van der Waals surface area contributed by atoms with Gasteiger partial charge in [0.05, 0.1) is 19.9 Å². The number of sulfonamides is 1. The molecule has 1 aromatic heterocycles. The standard InChI is InChI=1S/C23H27N3O5S/c1-16-21(17-6-8-19(30-3)9-7-17)32(28,29)24-22(16)26-12-10-18(11-13-26)23(27)25(2)15-20-5-4-14-31-20/h4-9,14,18H,10-13,15H2,1-3H3. The highest BCUT2D eigenvalue weighted by Crippen LogP contribution is 2.35. The van der Waals surface area contributed by atoms with Gasteiger partial charge >= 0.3 is 0 Å². The number of likely N-dealkylation sites (tertiary alicyclic amines) is 1. The molecule has 4 rings (SSSR count). The topological polar surface area (TPSA) is 92.4 Å². The number of ether oxygens (including phenoxy) is 1. The molecule has 170 valence electrons. The Morgan fingerprint density at radius 2 is 1.91 bits per heavy atom. The van der Waals surface area contributed by atoms with Crippen molar-refractivity contribution in [1.29, 1.82) is 0 Å². The number of amidine groups is 1. The Kier molecular flexibility index (Phi) is 6.10. The van der Waals surface area contributed by atoms with Crippen molar-refractivity contribution in [3.63, 3.8) is 0 Å². The zero-order valence-electron chi connectivity index (χ0n) is 18.4. The minimum Gasteiger partial charge on any atom is -0.497 e. The molecule has 1 aromatic carbocycles. The zero-order valence-corrected chi connectivity index (χ0v) is 19.3. The van der Waals surface area contributed by atoms with E-state index in [0.717, 1.165) is 5.76 Å². The van der Waals surface area contributed by atoms with Gasteiger partial charge in [-0.3, -0.25) is 4.79 Å². The van der Waals surface area contributed by atoms with Crippen LogP contribution in [0.5, 0.6) is 5.75 Å². The SMILES string of the molecule is COc1ccc(C2=C(C)C(N3CCC(C(=O)N(C)Cc4ccco4)CC3)=NS2(=O)=O)cc1. The van der Waals surface area contributed by atoms with Gasteiger partial charge in [0.1, 0.15) is 22.3 Å². The normalized spacial score (nSPS) is 18.6. The van der Waals surface area contributed by atoms with Crippen LogP contribution in [0.25, 0.3) is 4.91 Å². The van der Waals surface area contributed by atoms with Crippen LogP contribution < -0.4 is 4.74 Å². The minimum absolute atomic E-state index is 0.0771. The molecule has 0 spiro atoms. The van der Waals surface area contributed by atoms with Crippen molar-refractivity contribution in [3.8, 4) is 5.75 Å². The first-order chi connectivity index (χ1) is 15.3. The van der Waals surface area contributed by atoms with E-state index in [1.165, 1.54) is 0 Å². The number of rotatable bonds is 5. The van der Waals surface area contributed by atoms with E-state index in [2.05, 4.69) is 4.40 Å². The van der Waals surface area contributed by atoms with Gasteiger partial charge in [-0.05, 0) is 61.7 Å². The summed E-state index contributed by atoms with van der Waals surface area (Å²) < 4.78 is 40.2. The van der Waals surface area contributed by atoms with E-state index in [1.54, 1.807) is 62.6 Å². The van der Waals surface area contributed by atoms with Crippen molar-refractivity contribution in [2.75, 3.05) is 27.2 Å². The van der Waals surface area contributed by atoms with Crippen LogP contribution in [0.4, 0.5) is 0 Å². The molecular weight excluding hydrogens is 430 g/mol. The van der Waals surface area contributed by atoms with E-state index in [-0.39, 0.29) is 16.7 Å². The lowest BCUT2D eigenvalue weighted by atomic mass is 9.94.